The van der Waals surface area contributed by atoms with Crippen molar-refractivity contribution in [1.29, 1.82) is 0 Å². The van der Waals surface area contributed by atoms with Gasteiger partial charge in [0.05, 0.1) is 6.54 Å². The Kier molecular flexibility index (Phi) is 5.83. The Balaban J connectivity index is 1.44. The standard InChI is InChI=1S/C19H26N4O2/c1-16(18(24)23-11-9-20-19(23)25)22-14-12-21(13-15-22)10-5-8-17-6-3-2-4-7-17/h2-8,16H,9-15H2,1H3,(H,20,25)/p+2/b8-5+/t16-/m0/s1. The van der Waals surface area contributed by atoms with Crippen molar-refractivity contribution in [3.63, 3.8) is 0 Å². The molecule has 134 valence electrons. The van der Waals surface area contributed by atoms with Crippen LogP contribution in [0.1, 0.15) is 12.5 Å². The third-order valence-electron chi connectivity index (χ3n) is 5.22. The Labute approximate surface area is 149 Å². The number of hydrogen-bond acceptors (Lipinski definition) is 2. The Morgan fingerprint density at radius 2 is 1.96 bits per heavy atom. The smallest absolute Gasteiger partial charge is 0.324 e. The van der Waals surface area contributed by atoms with Gasteiger partial charge in [0.2, 0.25) is 0 Å². The summed E-state index contributed by atoms with van der Waals surface area (Å²) in [6.07, 6.45) is 4.41. The van der Waals surface area contributed by atoms with Gasteiger partial charge in [0.15, 0.2) is 6.04 Å². The molecule has 0 unspecified atom stereocenters. The first-order chi connectivity index (χ1) is 12.1. The lowest BCUT2D eigenvalue weighted by molar-refractivity contribution is -1.02. The van der Waals surface area contributed by atoms with Crippen LogP contribution in [0.4, 0.5) is 4.79 Å². The first-order valence-corrected chi connectivity index (χ1v) is 9.14. The van der Waals surface area contributed by atoms with Crippen LogP contribution in [0, 0.1) is 0 Å². The van der Waals surface area contributed by atoms with Gasteiger partial charge in [-0.3, -0.25) is 9.69 Å². The first-order valence-electron chi connectivity index (χ1n) is 9.14. The second-order valence-electron chi connectivity index (χ2n) is 6.87. The lowest BCUT2D eigenvalue weighted by Crippen LogP contribution is -3.30. The molecule has 2 saturated heterocycles. The fourth-order valence-corrected chi connectivity index (χ4v) is 3.58. The molecule has 3 rings (SSSR count). The Morgan fingerprint density at radius 1 is 1.24 bits per heavy atom. The molecule has 0 bridgehead atoms. The van der Waals surface area contributed by atoms with Crippen LogP contribution in [-0.4, -0.2) is 68.7 Å². The van der Waals surface area contributed by atoms with Crippen molar-refractivity contribution in [2.75, 3.05) is 45.8 Å². The van der Waals surface area contributed by atoms with E-state index in [1.54, 1.807) is 4.90 Å². The molecule has 3 N–H and O–H groups in total. The number of piperazine rings is 1. The second-order valence-corrected chi connectivity index (χ2v) is 6.87. The normalized spacial score (nSPS) is 25.2. The molecule has 1 aromatic rings. The summed E-state index contributed by atoms with van der Waals surface area (Å²) < 4.78 is 0. The molecule has 2 fully saturated rings. The monoisotopic (exact) mass is 344 g/mol. The maximum atomic E-state index is 12.5. The minimum atomic E-state index is -0.244. The molecule has 1 atom stereocenters. The predicted octanol–water partition coefficient (Wildman–Crippen LogP) is -1.58. The number of carbonyl (C=O) groups excluding carboxylic acids is 2. The van der Waals surface area contributed by atoms with Gasteiger partial charge in [-0.1, -0.05) is 36.4 Å². The summed E-state index contributed by atoms with van der Waals surface area (Å²) in [6.45, 7) is 8.07. The molecule has 2 aliphatic rings. The van der Waals surface area contributed by atoms with Crippen LogP contribution in [0.15, 0.2) is 36.4 Å². The quantitative estimate of drug-likeness (QED) is 0.604. The molecule has 3 amide bonds. The average Bonchev–Trinajstić information content (AvgIpc) is 3.08. The summed E-state index contributed by atoms with van der Waals surface area (Å²) in [5.74, 6) is -0.0441. The number of nitrogens with zero attached hydrogens (tertiary/aromatic N) is 1. The highest BCUT2D eigenvalue weighted by atomic mass is 16.2. The molecule has 0 radical (unpaired) electrons. The molecular formula is C19H28N4O2+2. The molecule has 0 aromatic heterocycles. The van der Waals surface area contributed by atoms with E-state index in [2.05, 4.69) is 29.6 Å². The van der Waals surface area contributed by atoms with Crippen molar-refractivity contribution in [2.45, 2.75) is 13.0 Å². The summed E-state index contributed by atoms with van der Waals surface area (Å²) >= 11 is 0. The minimum Gasteiger partial charge on any atom is -0.336 e. The summed E-state index contributed by atoms with van der Waals surface area (Å²) in [4.78, 5) is 28.4. The van der Waals surface area contributed by atoms with E-state index in [0.29, 0.717) is 13.1 Å². The van der Waals surface area contributed by atoms with Crippen molar-refractivity contribution in [3.05, 3.63) is 42.0 Å². The van der Waals surface area contributed by atoms with Crippen LogP contribution in [0.5, 0.6) is 0 Å². The largest absolute Gasteiger partial charge is 0.336 e. The van der Waals surface area contributed by atoms with Crippen LogP contribution >= 0.6 is 0 Å². The van der Waals surface area contributed by atoms with Gasteiger partial charge in [0.1, 0.15) is 26.2 Å². The minimum absolute atomic E-state index is 0.0441. The Morgan fingerprint density at radius 3 is 2.60 bits per heavy atom. The lowest BCUT2D eigenvalue weighted by Gasteiger charge is -2.33. The van der Waals surface area contributed by atoms with Crippen molar-refractivity contribution in [1.82, 2.24) is 10.2 Å². The molecule has 25 heavy (non-hydrogen) atoms. The highest BCUT2D eigenvalue weighted by molar-refractivity contribution is 5.97. The van der Waals surface area contributed by atoms with E-state index in [9.17, 15) is 9.59 Å². The van der Waals surface area contributed by atoms with Crippen LogP contribution in [0.3, 0.4) is 0 Å². The van der Waals surface area contributed by atoms with E-state index in [0.717, 1.165) is 32.7 Å². The van der Waals surface area contributed by atoms with E-state index in [-0.39, 0.29) is 18.0 Å². The zero-order chi connectivity index (χ0) is 17.6. The molecule has 2 aliphatic heterocycles. The fourth-order valence-electron chi connectivity index (χ4n) is 3.58. The molecule has 6 heteroatoms. The molecule has 0 spiro atoms. The van der Waals surface area contributed by atoms with E-state index >= 15 is 0 Å². The van der Waals surface area contributed by atoms with Crippen LogP contribution < -0.4 is 15.1 Å². The number of quaternary nitrogens is 2. The second kappa shape index (κ2) is 8.27. The third kappa shape index (κ3) is 4.46. The zero-order valence-electron chi connectivity index (χ0n) is 14.8. The first kappa shape index (κ1) is 17.6. The van der Waals surface area contributed by atoms with Crippen LogP contribution in [0.2, 0.25) is 0 Å². The maximum absolute atomic E-state index is 12.5. The molecule has 0 aliphatic carbocycles. The summed E-state index contributed by atoms with van der Waals surface area (Å²) in [5.41, 5.74) is 1.23. The van der Waals surface area contributed by atoms with Crippen LogP contribution in [0.25, 0.3) is 6.08 Å². The van der Waals surface area contributed by atoms with Gasteiger partial charge in [-0.15, -0.1) is 0 Å². The van der Waals surface area contributed by atoms with Gasteiger partial charge < -0.3 is 15.1 Å². The number of carbonyl (C=O) groups is 2. The summed E-state index contributed by atoms with van der Waals surface area (Å²) in [6, 6.07) is 9.95. The van der Waals surface area contributed by atoms with Gasteiger partial charge in [-0.25, -0.2) is 4.79 Å². The van der Waals surface area contributed by atoms with Gasteiger partial charge in [0.25, 0.3) is 5.91 Å². The van der Waals surface area contributed by atoms with E-state index in [4.69, 9.17) is 0 Å². The van der Waals surface area contributed by atoms with E-state index in [1.807, 2.05) is 25.1 Å². The molecule has 2 heterocycles. The van der Waals surface area contributed by atoms with Crippen molar-refractivity contribution in [3.8, 4) is 0 Å². The molecule has 0 saturated carbocycles. The number of hydrogen-bond donors (Lipinski definition) is 3. The number of urea groups is 1. The number of benzene rings is 1. The number of nitrogens with one attached hydrogen (secondary N) is 3. The van der Waals surface area contributed by atoms with Gasteiger partial charge in [-0.2, -0.15) is 0 Å². The molecule has 6 nitrogen and oxygen atoms in total. The summed E-state index contributed by atoms with van der Waals surface area (Å²) in [5, 5.41) is 2.70. The van der Waals surface area contributed by atoms with Gasteiger partial charge >= 0.3 is 6.03 Å². The number of amides is 3. The van der Waals surface area contributed by atoms with Crippen molar-refractivity contribution < 1.29 is 19.4 Å². The number of rotatable bonds is 5. The van der Waals surface area contributed by atoms with Gasteiger partial charge in [0, 0.05) is 13.1 Å². The average molecular weight is 344 g/mol. The van der Waals surface area contributed by atoms with Gasteiger partial charge in [-0.05, 0) is 18.6 Å². The Bertz CT molecular complexity index is 624. The molecular weight excluding hydrogens is 316 g/mol. The Hall–Kier alpha value is -2.18. The van der Waals surface area contributed by atoms with Crippen molar-refractivity contribution >= 4 is 18.0 Å². The highest BCUT2D eigenvalue weighted by Crippen LogP contribution is 2.00. The fraction of sp³-hybridized carbons (Fsp3) is 0.474. The maximum Gasteiger partial charge on any atom is 0.324 e. The summed E-state index contributed by atoms with van der Waals surface area (Å²) in [7, 11) is 0. The zero-order valence-corrected chi connectivity index (χ0v) is 14.8. The van der Waals surface area contributed by atoms with E-state index in [1.165, 1.54) is 15.4 Å². The lowest BCUT2D eigenvalue weighted by atomic mass is 10.2. The highest BCUT2D eigenvalue weighted by Gasteiger charge is 2.37. The number of imide groups is 1. The topological polar surface area (TPSA) is 58.3 Å². The SMILES string of the molecule is C[C@@H](C(=O)N1CCNC1=O)[NH+]1CC[NH+](C/C=C/c2ccccc2)CC1. The van der Waals surface area contributed by atoms with Crippen molar-refractivity contribution in [2.24, 2.45) is 0 Å². The third-order valence-corrected chi connectivity index (χ3v) is 5.22. The molecule has 1 aromatic carbocycles. The van der Waals surface area contributed by atoms with E-state index < -0.39 is 0 Å². The predicted molar refractivity (Wildman–Crippen MR) is 96.3 cm³/mol. The van der Waals surface area contributed by atoms with Crippen LogP contribution in [-0.2, 0) is 4.79 Å².